The highest BCUT2D eigenvalue weighted by Crippen LogP contribution is 2.25. The van der Waals surface area contributed by atoms with Gasteiger partial charge in [-0.15, -0.1) is 0 Å². The van der Waals surface area contributed by atoms with Crippen LogP contribution in [0.3, 0.4) is 0 Å². The fourth-order valence-corrected chi connectivity index (χ4v) is 3.76. The number of likely N-dealkylation sites (N-methyl/N-ethyl adjacent to an activating group) is 1. The third-order valence-electron chi connectivity index (χ3n) is 5.14. The average Bonchev–Trinajstić information content (AvgIpc) is 2.61. The molecule has 2 aliphatic rings. The predicted molar refractivity (Wildman–Crippen MR) is 99.0 cm³/mol. The molecule has 2 fully saturated rings. The third-order valence-corrected chi connectivity index (χ3v) is 5.14. The molecule has 0 aromatic heterocycles. The van der Waals surface area contributed by atoms with E-state index in [1.165, 1.54) is 0 Å². The highest BCUT2D eigenvalue weighted by Gasteiger charge is 2.28. The van der Waals surface area contributed by atoms with Gasteiger partial charge in [0.05, 0.1) is 6.04 Å². The standard InChI is InChI=1S/C19H26N4O3/c1-14(25)23(17-6-8-22(13-24)9-7-17)18-5-3-4-15(10-18)19(26)20-16-11-21(2)12-16/h3-5,10,13,16-17H,6-9,11-12H2,1-2H3,(H,20,26). The summed E-state index contributed by atoms with van der Waals surface area (Å²) in [6, 6.07) is 7.46. The van der Waals surface area contributed by atoms with Crippen LogP contribution in [-0.4, -0.2) is 73.3 Å². The first kappa shape index (κ1) is 18.4. The normalized spacial score (nSPS) is 18.9. The van der Waals surface area contributed by atoms with Crippen LogP contribution < -0.4 is 10.2 Å². The first-order valence-electron chi connectivity index (χ1n) is 9.06. The van der Waals surface area contributed by atoms with Crippen molar-refractivity contribution < 1.29 is 14.4 Å². The van der Waals surface area contributed by atoms with Gasteiger partial charge >= 0.3 is 0 Å². The average molecular weight is 358 g/mol. The minimum Gasteiger partial charge on any atom is -0.347 e. The van der Waals surface area contributed by atoms with E-state index in [4.69, 9.17) is 0 Å². The largest absolute Gasteiger partial charge is 0.347 e. The fraction of sp³-hybridized carbons (Fsp3) is 0.526. The van der Waals surface area contributed by atoms with Gasteiger partial charge in [0, 0.05) is 50.4 Å². The lowest BCUT2D eigenvalue weighted by Gasteiger charge is -2.37. The number of piperidine rings is 1. The Hall–Kier alpha value is -2.41. The van der Waals surface area contributed by atoms with Crippen LogP contribution in [0.15, 0.2) is 24.3 Å². The molecule has 7 nitrogen and oxygen atoms in total. The van der Waals surface area contributed by atoms with Crippen LogP contribution in [-0.2, 0) is 9.59 Å². The number of hydrogen-bond donors (Lipinski definition) is 1. The number of likely N-dealkylation sites (tertiary alicyclic amines) is 2. The molecular formula is C19H26N4O3. The highest BCUT2D eigenvalue weighted by atomic mass is 16.2. The Morgan fingerprint density at radius 2 is 1.92 bits per heavy atom. The van der Waals surface area contributed by atoms with Gasteiger partial charge in [0.15, 0.2) is 0 Å². The number of hydrogen-bond acceptors (Lipinski definition) is 4. The molecule has 2 aliphatic heterocycles. The zero-order chi connectivity index (χ0) is 18.7. The first-order valence-corrected chi connectivity index (χ1v) is 9.06. The van der Waals surface area contributed by atoms with Crippen LogP contribution >= 0.6 is 0 Å². The Labute approximate surface area is 153 Å². The van der Waals surface area contributed by atoms with E-state index in [0.29, 0.717) is 18.7 Å². The van der Waals surface area contributed by atoms with E-state index in [1.807, 2.05) is 19.2 Å². The van der Waals surface area contributed by atoms with Crippen molar-refractivity contribution in [3.05, 3.63) is 29.8 Å². The summed E-state index contributed by atoms with van der Waals surface area (Å²) in [5, 5.41) is 3.02. The molecule has 0 saturated carbocycles. The summed E-state index contributed by atoms with van der Waals surface area (Å²) >= 11 is 0. The summed E-state index contributed by atoms with van der Waals surface area (Å²) in [4.78, 5) is 41.3. The van der Waals surface area contributed by atoms with Crippen molar-refractivity contribution in [2.75, 3.05) is 38.1 Å². The maximum Gasteiger partial charge on any atom is 0.251 e. The second-order valence-corrected chi connectivity index (χ2v) is 7.20. The van der Waals surface area contributed by atoms with Crippen LogP contribution in [0.2, 0.25) is 0 Å². The number of anilines is 1. The Morgan fingerprint density at radius 1 is 1.23 bits per heavy atom. The van der Waals surface area contributed by atoms with Crippen LogP contribution in [0.4, 0.5) is 5.69 Å². The number of nitrogens with one attached hydrogen (secondary N) is 1. The topological polar surface area (TPSA) is 73.0 Å². The van der Waals surface area contributed by atoms with Gasteiger partial charge in [-0.25, -0.2) is 0 Å². The van der Waals surface area contributed by atoms with Crippen molar-refractivity contribution in [3.63, 3.8) is 0 Å². The van der Waals surface area contributed by atoms with Gasteiger partial charge in [-0.05, 0) is 38.1 Å². The van der Waals surface area contributed by atoms with E-state index in [-0.39, 0.29) is 23.9 Å². The van der Waals surface area contributed by atoms with E-state index in [1.54, 1.807) is 28.9 Å². The third kappa shape index (κ3) is 4.04. The molecule has 0 spiro atoms. The maximum absolute atomic E-state index is 12.5. The van der Waals surface area contributed by atoms with Crippen LogP contribution in [0.5, 0.6) is 0 Å². The van der Waals surface area contributed by atoms with Gasteiger partial charge in [0.2, 0.25) is 12.3 Å². The molecule has 140 valence electrons. The second kappa shape index (κ2) is 7.86. The van der Waals surface area contributed by atoms with Gasteiger partial charge in [-0.2, -0.15) is 0 Å². The molecule has 0 aliphatic carbocycles. The van der Waals surface area contributed by atoms with Crippen LogP contribution in [0.25, 0.3) is 0 Å². The number of carbonyl (C=O) groups excluding carboxylic acids is 3. The summed E-state index contributed by atoms with van der Waals surface area (Å²) in [5.74, 6) is -0.156. The molecule has 3 rings (SSSR count). The molecule has 1 aromatic rings. The molecule has 1 N–H and O–H groups in total. The molecule has 0 bridgehead atoms. The zero-order valence-electron chi connectivity index (χ0n) is 15.4. The number of amides is 3. The number of carbonyl (C=O) groups is 3. The molecule has 26 heavy (non-hydrogen) atoms. The SMILES string of the molecule is CC(=O)N(c1cccc(C(=O)NC2CN(C)C2)c1)C1CCN(C=O)CC1. The summed E-state index contributed by atoms with van der Waals surface area (Å²) < 4.78 is 0. The van der Waals surface area contributed by atoms with Gasteiger partial charge in [-0.1, -0.05) is 6.07 Å². The Balaban J connectivity index is 1.72. The first-order chi connectivity index (χ1) is 12.5. The van der Waals surface area contributed by atoms with Crippen molar-refractivity contribution >= 4 is 23.9 Å². The van der Waals surface area contributed by atoms with E-state index >= 15 is 0 Å². The van der Waals surface area contributed by atoms with Crippen molar-refractivity contribution in [1.82, 2.24) is 15.1 Å². The van der Waals surface area contributed by atoms with E-state index < -0.39 is 0 Å². The van der Waals surface area contributed by atoms with Crippen molar-refractivity contribution in [1.29, 1.82) is 0 Å². The van der Waals surface area contributed by atoms with Crippen molar-refractivity contribution in [3.8, 4) is 0 Å². The molecule has 7 heteroatoms. The van der Waals surface area contributed by atoms with Gasteiger partial charge in [0.1, 0.15) is 0 Å². The minimum absolute atomic E-state index is 0.0438. The lowest BCUT2D eigenvalue weighted by molar-refractivity contribution is -0.119. The van der Waals surface area contributed by atoms with Crippen molar-refractivity contribution in [2.45, 2.75) is 31.8 Å². The fourth-order valence-electron chi connectivity index (χ4n) is 3.76. The minimum atomic E-state index is -0.107. The summed E-state index contributed by atoms with van der Waals surface area (Å²) in [6.07, 6.45) is 2.34. The zero-order valence-corrected chi connectivity index (χ0v) is 15.4. The van der Waals surface area contributed by atoms with Gasteiger partial charge < -0.3 is 20.0 Å². The summed E-state index contributed by atoms with van der Waals surface area (Å²) in [6.45, 7) is 4.56. The van der Waals surface area contributed by atoms with Crippen LogP contribution in [0.1, 0.15) is 30.1 Å². The lowest BCUT2D eigenvalue weighted by atomic mass is 10.0. The monoisotopic (exact) mass is 358 g/mol. The van der Waals surface area contributed by atoms with E-state index in [9.17, 15) is 14.4 Å². The molecule has 2 heterocycles. The molecule has 0 atom stereocenters. The van der Waals surface area contributed by atoms with Crippen molar-refractivity contribution in [2.24, 2.45) is 0 Å². The molecule has 0 radical (unpaired) electrons. The Kier molecular flexibility index (Phi) is 5.56. The summed E-state index contributed by atoms with van der Waals surface area (Å²) in [7, 11) is 2.02. The Bertz CT molecular complexity index is 679. The maximum atomic E-state index is 12.5. The lowest BCUT2D eigenvalue weighted by Crippen LogP contribution is -2.57. The highest BCUT2D eigenvalue weighted by molar-refractivity contribution is 5.98. The van der Waals surface area contributed by atoms with Crippen LogP contribution in [0, 0.1) is 0 Å². The van der Waals surface area contributed by atoms with E-state index in [0.717, 1.165) is 38.0 Å². The molecule has 0 unspecified atom stereocenters. The van der Waals surface area contributed by atoms with Gasteiger partial charge in [0.25, 0.3) is 5.91 Å². The summed E-state index contributed by atoms with van der Waals surface area (Å²) in [5.41, 5.74) is 1.30. The quantitative estimate of drug-likeness (QED) is 0.787. The molecular weight excluding hydrogens is 332 g/mol. The second-order valence-electron chi connectivity index (χ2n) is 7.20. The molecule has 1 aromatic carbocycles. The van der Waals surface area contributed by atoms with E-state index in [2.05, 4.69) is 10.2 Å². The predicted octanol–water partition coefficient (Wildman–Crippen LogP) is 0.704. The number of benzene rings is 1. The van der Waals surface area contributed by atoms with Gasteiger partial charge in [-0.3, -0.25) is 14.4 Å². The smallest absolute Gasteiger partial charge is 0.251 e. The number of rotatable bonds is 5. The Morgan fingerprint density at radius 3 is 2.50 bits per heavy atom. The molecule has 3 amide bonds. The molecule has 2 saturated heterocycles. The number of nitrogens with zero attached hydrogens (tertiary/aromatic N) is 3.